The van der Waals surface area contributed by atoms with Gasteiger partial charge in [0, 0.05) is 19.5 Å². The number of carbonyl (C=O) groups is 4. The van der Waals surface area contributed by atoms with E-state index in [1.165, 1.54) is 4.90 Å². The smallest absolute Gasteiger partial charge is 0.306 e. The molecule has 2 fully saturated rings. The van der Waals surface area contributed by atoms with E-state index in [4.69, 9.17) is 9.47 Å². The number of ether oxygens (including phenoxy) is 2. The fourth-order valence-corrected chi connectivity index (χ4v) is 7.58. The van der Waals surface area contributed by atoms with Crippen molar-refractivity contribution in [3.8, 4) is 0 Å². The molecule has 2 aromatic carbocycles. The molecular weight excluding hydrogens is 598 g/mol. The van der Waals surface area contributed by atoms with Gasteiger partial charge in [-0.25, -0.2) is 0 Å². The first-order chi connectivity index (χ1) is 22.7. The van der Waals surface area contributed by atoms with Crippen molar-refractivity contribution in [1.82, 2.24) is 15.1 Å². The van der Waals surface area contributed by atoms with E-state index in [9.17, 15) is 24.3 Å². The van der Waals surface area contributed by atoms with Crippen molar-refractivity contribution in [3.05, 3.63) is 96.1 Å². The first-order valence-corrected chi connectivity index (χ1v) is 16.5. The van der Waals surface area contributed by atoms with Gasteiger partial charge in [0.25, 0.3) is 0 Å². The van der Waals surface area contributed by atoms with E-state index in [0.717, 1.165) is 11.1 Å². The summed E-state index contributed by atoms with van der Waals surface area (Å²) < 4.78 is 12.4. The number of hydrogen-bond acceptors (Lipinski definition) is 7. The summed E-state index contributed by atoms with van der Waals surface area (Å²) in [7, 11) is 0. The third kappa shape index (κ3) is 6.36. The molecule has 0 saturated carbocycles. The molecule has 0 aromatic heterocycles. The summed E-state index contributed by atoms with van der Waals surface area (Å²) >= 11 is 0. The Morgan fingerprint density at radius 2 is 1.70 bits per heavy atom. The zero-order chi connectivity index (χ0) is 33.1. The molecule has 0 bridgehead atoms. The second kappa shape index (κ2) is 13.8. The average molecular weight is 642 g/mol. The van der Waals surface area contributed by atoms with Crippen molar-refractivity contribution >= 4 is 23.7 Å². The molecular formula is C37H43N3O7. The van der Waals surface area contributed by atoms with Crippen molar-refractivity contribution in [2.75, 3.05) is 19.8 Å². The highest BCUT2D eigenvalue weighted by Crippen LogP contribution is 2.53. The van der Waals surface area contributed by atoms with Crippen LogP contribution in [0.4, 0.5) is 0 Å². The van der Waals surface area contributed by atoms with E-state index in [1.54, 1.807) is 23.1 Å². The molecule has 4 aliphatic rings. The number of rotatable bonds is 7. The minimum absolute atomic E-state index is 0.0666. The quantitative estimate of drug-likeness (QED) is 0.351. The number of aliphatic hydroxyl groups excluding tert-OH is 1. The minimum Gasteiger partial charge on any atom is -0.463 e. The van der Waals surface area contributed by atoms with Crippen LogP contribution in [-0.4, -0.2) is 82.1 Å². The largest absolute Gasteiger partial charge is 0.463 e. The van der Waals surface area contributed by atoms with E-state index < -0.39 is 47.6 Å². The molecule has 0 radical (unpaired) electrons. The molecule has 2 saturated heterocycles. The molecule has 0 unspecified atom stereocenters. The maximum atomic E-state index is 14.8. The van der Waals surface area contributed by atoms with E-state index >= 15 is 0 Å². The molecule has 2 N–H and O–H groups in total. The first kappa shape index (κ1) is 32.7. The molecule has 10 nitrogen and oxygen atoms in total. The van der Waals surface area contributed by atoms with Crippen LogP contribution in [0.1, 0.15) is 50.3 Å². The minimum atomic E-state index is -1.45. The predicted molar refractivity (Wildman–Crippen MR) is 173 cm³/mol. The normalized spacial score (nSPS) is 30.8. The van der Waals surface area contributed by atoms with Gasteiger partial charge in [-0.05, 0) is 29.9 Å². The summed E-state index contributed by atoms with van der Waals surface area (Å²) in [6.07, 6.45) is 7.32. The van der Waals surface area contributed by atoms with Crippen molar-refractivity contribution in [2.45, 2.75) is 69.5 Å². The molecule has 248 valence electrons. The number of fused-ring (bicyclic) bond motifs is 2. The third-order valence-electron chi connectivity index (χ3n) is 9.65. The Labute approximate surface area is 275 Å². The van der Waals surface area contributed by atoms with Crippen molar-refractivity contribution in [1.29, 1.82) is 0 Å². The number of nitrogens with one attached hydrogen (secondary N) is 1. The number of aliphatic hydroxyl groups is 1. The molecule has 1 spiro atoms. The number of likely N-dealkylation sites (tertiary alicyclic amines) is 1. The Balaban J connectivity index is 1.43. The fourth-order valence-electron chi connectivity index (χ4n) is 7.58. The van der Waals surface area contributed by atoms with Gasteiger partial charge < -0.3 is 29.7 Å². The molecule has 7 atom stereocenters. The SMILES string of the molecule is CC(C)C[C@H](CO)N1C(=O)[C@H]2[C@@H]3C(=O)N[C@@H](c4ccccc4)COC(=O)CC/C=C\[C@@H]3O[C@]23C=CCN(Cc2ccccc2)C(=O)[C@H]13. The summed E-state index contributed by atoms with van der Waals surface area (Å²) in [5.74, 6) is -3.38. The Hall–Kier alpha value is -4.28. The highest BCUT2D eigenvalue weighted by molar-refractivity contribution is 6.00. The average Bonchev–Trinajstić information content (AvgIpc) is 3.46. The summed E-state index contributed by atoms with van der Waals surface area (Å²) in [5, 5.41) is 13.7. The van der Waals surface area contributed by atoms with Crippen molar-refractivity contribution < 1.29 is 33.8 Å². The molecule has 4 heterocycles. The van der Waals surface area contributed by atoms with Crippen LogP contribution in [0.15, 0.2) is 85.0 Å². The van der Waals surface area contributed by atoms with E-state index in [-0.39, 0.29) is 43.3 Å². The Bertz CT molecular complexity index is 1530. The van der Waals surface area contributed by atoms with E-state index in [2.05, 4.69) is 5.32 Å². The second-order valence-electron chi connectivity index (χ2n) is 13.3. The molecule has 3 amide bonds. The predicted octanol–water partition coefficient (Wildman–Crippen LogP) is 3.32. The molecule has 10 heteroatoms. The van der Waals surface area contributed by atoms with Crippen LogP contribution in [0.3, 0.4) is 0 Å². The van der Waals surface area contributed by atoms with Crippen LogP contribution in [0, 0.1) is 17.8 Å². The number of esters is 1. The maximum absolute atomic E-state index is 14.8. The number of carbonyl (C=O) groups excluding carboxylic acids is 4. The van der Waals surface area contributed by atoms with Gasteiger partial charge in [0.05, 0.1) is 36.6 Å². The zero-order valence-corrected chi connectivity index (χ0v) is 26.9. The van der Waals surface area contributed by atoms with E-state index in [1.807, 2.05) is 80.6 Å². The Kier molecular flexibility index (Phi) is 9.61. The van der Waals surface area contributed by atoms with Gasteiger partial charge in [0.1, 0.15) is 18.2 Å². The highest BCUT2D eigenvalue weighted by atomic mass is 16.5. The van der Waals surface area contributed by atoms with Crippen LogP contribution in [-0.2, 0) is 35.2 Å². The van der Waals surface area contributed by atoms with Crippen LogP contribution < -0.4 is 5.32 Å². The number of benzene rings is 2. The number of nitrogens with zero attached hydrogens (tertiary/aromatic N) is 2. The van der Waals surface area contributed by atoms with Gasteiger partial charge in [0.15, 0.2) is 0 Å². The van der Waals surface area contributed by atoms with Crippen molar-refractivity contribution in [3.63, 3.8) is 0 Å². The lowest BCUT2D eigenvalue weighted by Gasteiger charge is -2.39. The van der Waals surface area contributed by atoms with Crippen molar-refractivity contribution in [2.24, 2.45) is 17.8 Å². The number of hydrogen-bond donors (Lipinski definition) is 2. The second-order valence-corrected chi connectivity index (χ2v) is 13.3. The number of allylic oxidation sites excluding steroid dienone is 1. The molecule has 0 aliphatic carbocycles. The van der Waals surface area contributed by atoms with Gasteiger partial charge in [-0.15, -0.1) is 0 Å². The lowest BCUT2D eigenvalue weighted by molar-refractivity contribution is -0.151. The molecule has 6 rings (SSSR count). The summed E-state index contributed by atoms with van der Waals surface area (Å²) in [6, 6.07) is 16.5. The van der Waals surface area contributed by atoms with Gasteiger partial charge in [-0.2, -0.15) is 0 Å². The Morgan fingerprint density at radius 3 is 2.40 bits per heavy atom. The van der Waals surface area contributed by atoms with Gasteiger partial charge in [-0.3, -0.25) is 19.2 Å². The van der Waals surface area contributed by atoms with Crippen LogP contribution in [0.5, 0.6) is 0 Å². The summed E-state index contributed by atoms with van der Waals surface area (Å²) in [5.41, 5.74) is 0.246. The van der Waals surface area contributed by atoms with Crippen LogP contribution >= 0.6 is 0 Å². The topological polar surface area (TPSA) is 125 Å². The molecule has 47 heavy (non-hydrogen) atoms. The maximum Gasteiger partial charge on any atom is 0.306 e. The molecule has 2 aromatic rings. The summed E-state index contributed by atoms with van der Waals surface area (Å²) in [6.45, 7) is 4.24. The highest BCUT2D eigenvalue weighted by Gasteiger charge is 2.72. The zero-order valence-electron chi connectivity index (χ0n) is 26.9. The Morgan fingerprint density at radius 1 is 0.979 bits per heavy atom. The van der Waals surface area contributed by atoms with Gasteiger partial charge >= 0.3 is 5.97 Å². The first-order valence-electron chi connectivity index (χ1n) is 16.5. The van der Waals surface area contributed by atoms with Crippen LogP contribution in [0.2, 0.25) is 0 Å². The fraction of sp³-hybridized carbons (Fsp3) is 0.459. The number of cyclic esters (lactones) is 1. The molecule has 4 aliphatic heterocycles. The lowest BCUT2D eigenvalue weighted by Crippen LogP contribution is -2.58. The van der Waals surface area contributed by atoms with E-state index in [0.29, 0.717) is 25.9 Å². The summed E-state index contributed by atoms with van der Waals surface area (Å²) in [4.78, 5) is 59.6. The number of amides is 3. The van der Waals surface area contributed by atoms with Gasteiger partial charge in [-0.1, -0.05) is 98.8 Å². The van der Waals surface area contributed by atoms with Crippen LogP contribution in [0.25, 0.3) is 0 Å². The third-order valence-corrected chi connectivity index (χ3v) is 9.65. The van der Waals surface area contributed by atoms with Gasteiger partial charge in [0.2, 0.25) is 17.7 Å². The monoisotopic (exact) mass is 641 g/mol. The standard InChI is InChI=1S/C37H43N3O7/c1-24(2)20-27(22-41)40-33-36(45)39(21-25-12-5-3-6-13-25)19-11-18-37(33)32(35(40)44)31-29(47-37)16-9-10-17-30(42)46-23-28(38-34(31)43)26-14-7-4-8-15-26/h3-9,11-16,18,24,27-29,31-33,41H,10,17,19-23H2,1-2H3,(H,38,43)/b16-9-/t27-,28-,29+,31-,32-,33+,37-/m1/s1. The lowest BCUT2D eigenvalue weighted by atomic mass is 9.77.